The second kappa shape index (κ2) is 6.81. The number of para-hydroxylation sites is 2. The van der Waals surface area contributed by atoms with Crippen molar-refractivity contribution in [2.45, 2.75) is 0 Å². The van der Waals surface area contributed by atoms with E-state index >= 15 is 0 Å². The molecule has 164 valence electrons. The maximum atomic E-state index is 4.94. The highest BCUT2D eigenvalue weighted by Gasteiger charge is 2.20. The fraction of sp³-hybridized carbons (Fsp3) is 0. The average molecular weight is 450 g/mol. The van der Waals surface area contributed by atoms with Crippen LogP contribution in [0.3, 0.4) is 0 Å². The molecule has 0 spiro atoms. The Bertz CT molecular complexity index is 2050. The van der Waals surface area contributed by atoms with Gasteiger partial charge in [-0.2, -0.15) is 0 Å². The van der Waals surface area contributed by atoms with E-state index in [9.17, 15) is 0 Å². The SMILES string of the molecule is c1ccc(-n2c3ccccc3c3cc(-n4c5ncccc5c5nc6ccccn6c54)ccc32)cc1. The van der Waals surface area contributed by atoms with Crippen LogP contribution in [-0.4, -0.2) is 23.5 Å². The van der Waals surface area contributed by atoms with Gasteiger partial charge in [0.15, 0.2) is 5.65 Å². The van der Waals surface area contributed by atoms with Crippen LogP contribution in [0.15, 0.2) is 116 Å². The third-order valence-corrected chi connectivity index (χ3v) is 6.90. The highest BCUT2D eigenvalue weighted by atomic mass is 15.2. The summed E-state index contributed by atoms with van der Waals surface area (Å²) in [4.78, 5) is 9.72. The molecule has 0 aliphatic carbocycles. The van der Waals surface area contributed by atoms with Gasteiger partial charge in [-0.3, -0.25) is 8.97 Å². The van der Waals surface area contributed by atoms with Crippen molar-refractivity contribution >= 4 is 49.7 Å². The summed E-state index contributed by atoms with van der Waals surface area (Å²) in [6.45, 7) is 0. The van der Waals surface area contributed by atoms with Crippen molar-refractivity contribution in [3.05, 3.63) is 116 Å². The first-order valence-electron chi connectivity index (χ1n) is 11.7. The van der Waals surface area contributed by atoms with Crippen LogP contribution >= 0.6 is 0 Å². The number of imidazole rings is 1. The monoisotopic (exact) mass is 449 g/mol. The summed E-state index contributed by atoms with van der Waals surface area (Å²) in [7, 11) is 0. The standard InChI is InChI=1S/C30H19N5/c1-2-9-20(10-3-1)34-25-13-5-4-11-22(25)24-19-21(15-16-26(24)34)35-29-23(12-8-17-31-29)28-30(35)33-18-7-6-14-27(33)32-28/h1-19H. The second-order valence-corrected chi connectivity index (χ2v) is 8.81. The zero-order chi connectivity index (χ0) is 22.9. The molecule has 0 saturated carbocycles. The first kappa shape index (κ1) is 18.5. The molecule has 0 atom stereocenters. The van der Waals surface area contributed by atoms with Gasteiger partial charge in [0.25, 0.3) is 0 Å². The van der Waals surface area contributed by atoms with Gasteiger partial charge in [-0.15, -0.1) is 0 Å². The number of fused-ring (bicyclic) bond motifs is 8. The van der Waals surface area contributed by atoms with E-state index in [1.54, 1.807) is 0 Å². The van der Waals surface area contributed by atoms with Crippen molar-refractivity contribution in [1.82, 2.24) is 23.5 Å². The maximum Gasteiger partial charge on any atom is 0.151 e. The summed E-state index contributed by atoms with van der Waals surface area (Å²) in [5.74, 6) is 0. The Hall–Kier alpha value is -4.90. The van der Waals surface area contributed by atoms with E-state index in [1.165, 1.54) is 21.8 Å². The summed E-state index contributed by atoms with van der Waals surface area (Å²) in [5.41, 5.74) is 8.43. The number of hydrogen-bond donors (Lipinski definition) is 0. The molecule has 5 nitrogen and oxygen atoms in total. The lowest BCUT2D eigenvalue weighted by Crippen LogP contribution is -1.99. The van der Waals surface area contributed by atoms with E-state index in [1.807, 2.05) is 30.5 Å². The quantitative estimate of drug-likeness (QED) is 0.287. The molecule has 0 saturated heterocycles. The van der Waals surface area contributed by atoms with E-state index < -0.39 is 0 Å². The van der Waals surface area contributed by atoms with Crippen LogP contribution in [0.4, 0.5) is 0 Å². The summed E-state index contributed by atoms with van der Waals surface area (Å²) in [5, 5.41) is 3.49. The summed E-state index contributed by atoms with van der Waals surface area (Å²) < 4.78 is 6.72. The zero-order valence-electron chi connectivity index (χ0n) is 18.7. The Morgan fingerprint density at radius 3 is 2.31 bits per heavy atom. The first-order chi connectivity index (χ1) is 17.4. The Balaban J connectivity index is 1.51. The molecule has 8 aromatic rings. The summed E-state index contributed by atoms with van der Waals surface area (Å²) >= 11 is 0. The van der Waals surface area contributed by atoms with Gasteiger partial charge in [0.1, 0.15) is 16.8 Å². The van der Waals surface area contributed by atoms with Gasteiger partial charge in [-0.1, -0.05) is 42.5 Å². The number of nitrogens with zero attached hydrogens (tertiary/aromatic N) is 5. The van der Waals surface area contributed by atoms with Gasteiger partial charge in [0.2, 0.25) is 0 Å². The molecule has 5 heterocycles. The molecular weight excluding hydrogens is 430 g/mol. The highest BCUT2D eigenvalue weighted by Crippen LogP contribution is 2.36. The van der Waals surface area contributed by atoms with E-state index in [2.05, 4.69) is 98.6 Å². The molecule has 5 aromatic heterocycles. The normalized spacial score (nSPS) is 12.0. The fourth-order valence-corrected chi connectivity index (χ4v) is 5.44. The topological polar surface area (TPSA) is 40.0 Å². The second-order valence-electron chi connectivity index (χ2n) is 8.81. The minimum absolute atomic E-state index is 0.911. The van der Waals surface area contributed by atoms with E-state index in [4.69, 9.17) is 9.97 Å². The van der Waals surface area contributed by atoms with Gasteiger partial charge in [-0.05, 0) is 60.7 Å². The molecule has 0 fully saturated rings. The van der Waals surface area contributed by atoms with Crippen LogP contribution in [0.2, 0.25) is 0 Å². The molecule has 3 aromatic carbocycles. The van der Waals surface area contributed by atoms with Gasteiger partial charge >= 0.3 is 0 Å². The fourth-order valence-electron chi connectivity index (χ4n) is 5.44. The molecule has 35 heavy (non-hydrogen) atoms. The van der Waals surface area contributed by atoms with Crippen LogP contribution in [-0.2, 0) is 0 Å². The Morgan fingerprint density at radius 2 is 1.37 bits per heavy atom. The third-order valence-electron chi connectivity index (χ3n) is 6.90. The van der Waals surface area contributed by atoms with Crippen LogP contribution in [0.25, 0.3) is 61.0 Å². The number of benzene rings is 3. The van der Waals surface area contributed by atoms with Gasteiger partial charge < -0.3 is 4.57 Å². The van der Waals surface area contributed by atoms with Gasteiger partial charge in [-0.25, -0.2) is 9.97 Å². The lowest BCUT2D eigenvalue weighted by atomic mass is 10.1. The lowest BCUT2D eigenvalue weighted by Gasteiger charge is -2.10. The molecule has 8 rings (SSSR count). The van der Waals surface area contributed by atoms with E-state index in [-0.39, 0.29) is 0 Å². The minimum Gasteiger partial charge on any atom is -0.309 e. The van der Waals surface area contributed by atoms with Crippen molar-refractivity contribution in [2.75, 3.05) is 0 Å². The first-order valence-corrected chi connectivity index (χ1v) is 11.7. The number of hydrogen-bond acceptors (Lipinski definition) is 2. The van der Waals surface area contributed by atoms with Crippen molar-refractivity contribution in [2.24, 2.45) is 0 Å². The van der Waals surface area contributed by atoms with Crippen LogP contribution in [0.5, 0.6) is 0 Å². The molecule has 0 aliphatic heterocycles. The van der Waals surface area contributed by atoms with Gasteiger partial charge in [0, 0.05) is 39.9 Å². The van der Waals surface area contributed by atoms with E-state index in [0.29, 0.717) is 0 Å². The highest BCUT2D eigenvalue weighted by molar-refractivity contribution is 6.11. The predicted molar refractivity (Wildman–Crippen MR) is 142 cm³/mol. The number of pyridine rings is 2. The zero-order valence-corrected chi connectivity index (χ0v) is 18.7. The average Bonchev–Trinajstić information content (AvgIpc) is 3.56. The van der Waals surface area contributed by atoms with Gasteiger partial charge in [0.05, 0.1) is 11.0 Å². The molecule has 0 amide bonds. The number of aromatic nitrogens is 5. The third kappa shape index (κ3) is 2.47. The Morgan fingerprint density at radius 1 is 0.571 bits per heavy atom. The van der Waals surface area contributed by atoms with E-state index in [0.717, 1.165) is 39.2 Å². The van der Waals surface area contributed by atoms with Crippen LogP contribution < -0.4 is 0 Å². The summed E-state index contributed by atoms with van der Waals surface area (Å²) in [6, 6.07) is 36.1. The molecule has 0 aliphatic rings. The maximum absolute atomic E-state index is 4.94. The van der Waals surface area contributed by atoms with Crippen LogP contribution in [0.1, 0.15) is 0 Å². The molecule has 0 unspecified atom stereocenters. The summed E-state index contributed by atoms with van der Waals surface area (Å²) in [6.07, 6.45) is 3.92. The molecule has 0 radical (unpaired) electrons. The Kier molecular flexibility index (Phi) is 3.60. The molecule has 5 heteroatoms. The van der Waals surface area contributed by atoms with Crippen molar-refractivity contribution in [1.29, 1.82) is 0 Å². The molecule has 0 bridgehead atoms. The molecular formula is C30H19N5. The molecule has 0 N–H and O–H groups in total. The van der Waals surface area contributed by atoms with Crippen molar-refractivity contribution < 1.29 is 0 Å². The largest absolute Gasteiger partial charge is 0.309 e. The van der Waals surface area contributed by atoms with Crippen LogP contribution in [0, 0.1) is 0 Å². The lowest BCUT2D eigenvalue weighted by molar-refractivity contribution is 1.07. The number of rotatable bonds is 2. The Labute approximate surface area is 200 Å². The van der Waals surface area contributed by atoms with Crippen molar-refractivity contribution in [3.8, 4) is 11.4 Å². The predicted octanol–water partition coefficient (Wildman–Crippen LogP) is 6.92. The smallest absolute Gasteiger partial charge is 0.151 e. The minimum atomic E-state index is 0.911. The van der Waals surface area contributed by atoms with Crippen molar-refractivity contribution in [3.63, 3.8) is 0 Å².